The third-order valence-corrected chi connectivity index (χ3v) is 6.49. The van der Waals surface area contributed by atoms with Gasteiger partial charge in [-0.15, -0.1) is 0 Å². The van der Waals surface area contributed by atoms with E-state index in [1.54, 1.807) is 19.1 Å². The summed E-state index contributed by atoms with van der Waals surface area (Å²) in [6.07, 6.45) is 1.27. The van der Waals surface area contributed by atoms with E-state index in [-0.39, 0.29) is 41.8 Å². The van der Waals surface area contributed by atoms with Crippen molar-refractivity contribution in [1.29, 1.82) is 0 Å². The Morgan fingerprint density at radius 1 is 1.10 bits per heavy atom. The molecule has 1 heterocycles. The number of ether oxygens (including phenoxy) is 2. The predicted molar refractivity (Wildman–Crippen MR) is 158 cm³/mol. The Hall–Kier alpha value is -4.79. The number of imide groups is 2. The quantitative estimate of drug-likeness (QED) is 0.110. The van der Waals surface area contributed by atoms with Crippen molar-refractivity contribution in [3.63, 3.8) is 0 Å². The fourth-order valence-corrected chi connectivity index (χ4v) is 4.72. The van der Waals surface area contributed by atoms with Crippen LogP contribution in [0.3, 0.4) is 0 Å². The fourth-order valence-electron chi connectivity index (χ4n) is 3.94. The SMILES string of the molecule is CCOc1cc(/C=C2\C(=O)NC(=O)N(c3cccc([N+](=O)[O-])c3)C2=O)cc(I)c1OCC(=O)Nc1cccc(C)c1. The van der Waals surface area contributed by atoms with Gasteiger partial charge in [-0.2, -0.15) is 0 Å². The van der Waals surface area contributed by atoms with Crippen molar-refractivity contribution in [3.05, 3.63) is 91.0 Å². The molecule has 1 saturated heterocycles. The van der Waals surface area contributed by atoms with Crippen LogP contribution in [0.2, 0.25) is 0 Å². The molecule has 41 heavy (non-hydrogen) atoms. The van der Waals surface area contributed by atoms with Gasteiger partial charge in [0, 0.05) is 17.8 Å². The first-order valence-corrected chi connectivity index (χ1v) is 13.3. The topological polar surface area (TPSA) is 157 Å². The third-order valence-electron chi connectivity index (χ3n) is 5.69. The maximum Gasteiger partial charge on any atom is 0.335 e. The van der Waals surface area contributed by atoms with Gasteiger partial charge in [0.25, 0.3) is 23.4 Å². The van der Waals surface area contributed by atoms with E-state index in [0.29, 0.717) is 25.5 Å². The number of non-ortho nitro benzene ring substituents is 1. The maximum atomic E-state index is 13.2. The first-order valence-electron chi connectivity index (χ1n) is 12.2. The summed E-state index contributed by atoms with van der Waals surface area (Å²) >= 11 is 1.98. The Balaban J connectivity index is 1.59. The zero-order valence-corrected chi connectivity index (χ0v) is 24.0. The van der Waals surface area contributed by atoms with Gasteiger partial charge < -0.3 is 14.8 Å². The van der Waals surface area contributed by atoms with E-state index in [0.717, 1.165) is 11.6 Å². The second-order valence-corrected chi connectivity index (χ2v) is 9.87. The maximum absolute atomic E-state index is 13.2. The standard InChI is InChI=1S/C28H23IN4O8/c1-3-40-23-13-17(12-22(29)25(23)41-15-24(34)30-18-7-4-6-16(2)10-18)11-21-26(35)31-28(37)32(27(21)36)19-8-5-9-20(14-19)33(38)39/h4-14H,3,15H2,1-2H3,(H,30,34)(H,31,35,37)/b21-11+. The number of benzene rings is 3. The van der Waals surface area contributed by atoms with E-state index in [1.165, 1.54) is 30.3 Å². The summed E-state index contributed by atoms with van der Waals surface area (Å²) in [5.41, 5.74) is 1.22. The molecule has 3 aromatic carbocycles. The van der Waals surface area contributed by atoms with Crippen LogP contribution in [-0.4, -0.2) is 41.9 Å². The Morgan fingerprint density at radius 3 is 2.56 bits per heavy atom. The van der Waals surface area contributed by atoms with Gasteiger partial charge in [0.2, 0.25) is 0 Å². The summed E-state index contributed by atoms with van der Waals surface area (Å²) in [7, 11) is 0. The number of carbonyl (C=O) groups excluding carboxylic acids is 4. The number of rotatable bonds is 9. The number of hydrogen-bond donors (Lipinski definition) is 2. The van der Waals surface area contributed by atoms with Crippen molar-refractivity contribution >= 4 is 69.5 Å². The van der Waals surface area contributed by atoms with Crippen LogP contribution in [0.4, 0.5) is 21.9 Å². The second kappa shape index (κ2) is 12.6. The number of aryl methyl sites for hydroxylation is 1. The van der Waals surface area contributed by atoms with E-state index >= 15 is 0 Å². The highest BCUT2D eigenvalue weighted by molar-refractivity contribution is 14.1. The van der Waals surface area contributed by atoms with Gasteiger partial charge >= 0.3 is 6.03 Å². The summed E-state index contributed by atoms with van der Waals surface area (Å²) < 4.78 is 12.0. The average Bonchev–Trinajstić information content (AvgIpc) is 2.91. The lowest BCUT2D eigenvalue weighted by atomic mass is 10.1. The molecule has 1 aliphatic heterocycles. The molecule has 0 aromatic heterocycles. The van der Waals surface area contributed by atoms with Crippen LogP contribution in [0.5, 0.6) is 11.5 Å². The first-order chi connectivity index (χ1) is 19.6. The number of nitro benzene ring substituents is 1. The number of nitrogens with one attached hydrogen (secondary N) is 2. The number of anilines is 2. The van der Waals surface area contributed by atoms with Gasteiger partial charge in [-0.25, -0.2) is 9.69 Å². The molecule has 13 heteroatoms. The average molecular weight is 670 g/mol. The predicted octanol–water partition coefficient (Wildman–Crippen LogP) is 4.59. The molecule has 0 spiro atoms. The minimum absolute atomic E-state index is 0.0719. The van der Waals surface area contributed by atoms with E-state index in [9.17, 15) is 29.3 Å². The number of barbiturate groups is 1. The summed E-state index contributed by atoms with van der Waals surface area (Å²) in [5.74, 6) is -1.70. The number of hydrogen-bond acceptors (Lipinski definition) is 8. The lowest BCUT2D eigenvalue weighted by molar-refractivity contribution is -0.384. The van der Waals surface area contributed by atoms with Gasteiger partial charge in [-0.3, -0.25) is 29.8 Å². The summed E-state index contributed by atoms with van der Waals surface area (Å²) in [5, 5.41) is 16.0. The molecule has 0 atom stereocenters. The number of nitro groups is 1. The van der Waals surface area contributed by atoms with Crippen molar-refractivity contribution in [2.45, 2.75) is 13.8 Å². The van der Waals surface area contributed by atoms with Crippen molar-refractivity contribution in [1.82, 2.24) is 5.32 Å². The van der Waals surface area contributed by atoms with Gasteiger partial charge in [-0.05, 0) is 84.0 Å². The van der Waals surface area contributed by atoms with Crippen LogP contribution in [0.25, 0.3) is 6.08 Å². The van der Waals surface area contributed by atoms with E-state index in [1.807, 2.05) is 47.7 Å². The fraction of sp³-hybridized carbons (Fsp3) is 0.143. The van der Waals surface area contributed by atoms with Crippen molar-refractivity contribution < 1.29 is 33.6 Å². The molecule has 2 N–H and O–H groups in total. The molecule has 3 aromatic rings. The Morgan fingerprint density at radius 2 is 1.85 bits per heavy atom. The Labute approximate surface area is 247 Å². The van der Waals surface area contributed by atoms with E-state index in [2.05, 4.69) is 10.6 Å². The number of nitrogens with zero attached hydrogens (tertiary/aromatic N) is 2. The Kier molecular flexibility index (Phi) is 8.97. The minimum Gasteiger partial charge on any atom is -0.490 e. The molecule has 1 aliphatic rings. The second-order valence-electron chi connectivity index (χ2n) is 8.70. The largest absolute Gasteiger partial charge is 0.490 e. The summed E-state index contributed by atoms with van der Waals surface area (Å²) in [6.45, 7) is 3.63. The highest BCUT2D eigenvalue weighted by atomic mass is 127. The zero-order chi connectivity index (χ0) is 29.7. The number of carbonyl (C=O) groups is 4. The summed E-state index contributed by atoms with van der Waals surface area (Å²) in [6, 6.07) is 14.4. The van der Waals surface area contributed by atoms with Crippen LogP contribution in [0, 0.1) is 20.6 Å². The van der Waals surface area contributed by atoms with Crippen molar-refractivity contribution in [3.8, 4) is 11.5 Å². The number of urea groups is 1. The van der Waals surface area contributed by atoms with Gasteiger partial charge in [0.05, 0.1) is 20.8 Å². The Bertz CT molecular complexity index is 1600. The van der Waals surface area contributed by atoms with Crippen LogP contribution in [0.15, 0.2) is 66.2 Å². The van der Waals surface area contributed by atoms with Crippen LogP contribution < -0.4 is 25.0 Å². The lowest BCUT2D eigenvalue weighted by Gasteiger charge is -2.26. The third kappa shape index (κ3) is 6.87. The molecular formula is C28H23IN4O8. The lowest BCUT2D eigenvalue weighted by Crippen LogP contribution is -2.54. The normalized spacial score (nSPS) is 14.1. The highest BCUT2D eigenvalue weighted by Crippen LogP contribution is 2.35. The molecular weight excluding hydrogens is 647 g/mol. The number of halogens is 1. The van der Waals surface area contributed by atoms with Crippen LogP contribution in [-0.2, 0) is 14.4 Å². The van der Waals surface area contributed by atoms with Crippen molar-refractivity contribution in [2.75, 3.05) is 23.4 Å². The minimum atomic E-state index is -1.03. The smallest absolute Gasteiger partial charge is 0.335 e. The molecule has 1 fully saturated rings. The summed E-state index contributed by atoms with van der Waals surface area (Å²) in [4.78, 5) is 62.0. The molecule has 12 nitrogen and oxygen atoms in total. The molecule has 0 bridgehead atoms. The monoisotopic (exact) mass is 670 g/mol. The molecule has 0 aliphatic carbocycles. The van der Waals surface area contributed by atoms with E-state index in [4.69, 9.17) is 9.47 Å². The van der Waals surface area contributed by atoms with Crippen molar-refractivity contribution in [2.24, 2.45) is 0 Å². The molecule has 0 saturated carbocycles. The highest BCUT2D eigenvalue weighted by Gasteiger charge is 2.37. The van der Waals surface area contributed by atoms with Crippen LogP contribution in [0.1, 0.15) is 18.1 Å². The van der Waals surface area contributed by atoms with E-state index < -0.39 is 22.8 Å². The molecule has 210 valence electrons. The van der Waals surface area contributed by atoms with Crippen LogP contribution >= 0.6 is 22.6 Å². The van der Waals surface area contributed by atoms with Gasteiger partial charge in [-0.1, -0.05) is 18.2 Å². The zero-order valence-electron chi connectivity index (χ0n) is 21.8. The molecule has 5 amide bonds. The molecule has 0 unspecified atom stereocenters. The molecule has 0 radical (unpaired) electrons. The first kappa shape index (κ1) is 29.2. The van der Waals surface area contributed by atoms with Gasteiger partial charge in [0.15, 0.2) is 18.1 Å². The molecule has 4 rings (SSSR count). The van der Waals surface area contributed by atoms with Gasteiger partial charge in [0.1, 0.15) is 5.57 Å². The number of amides is 5.